The number of benzene rings is 2. The van der Waals surface area contributed by atoms with Crippen molar-refractivity contribution in [2.45, 2.75) is 6.54 Å². The molecule has 0 radical (unpaired) electrons. The van der Waals surface area contributed by atoms with Gasteiger partial charge in [0.1, 0.15) is 4.32 Å². The second kappa shape index (κ2) is 7.92. The molecule has 1 aliphatic rings. The zero-order valence-electron chi connectivity index (χ0n) is 12.7. The zero-order chi connectivity index (χ0) is 16.9. The third-order valence-electron chi connectivity index (χ3n) is 3.43. The molecule has 120 valence electrons. The molecule has 2 aromatic rings. The fourth-order valence-corrected chi connectivity index (χ4v) is 4.17. The van der Waals surface area contributed by atoms with Gasteiger partial charge in [0, 0.05) is 4.48 Å². The summed E-state index contributed by atoms with van der Waals surface area (Å²) in [5, 5.41) is 0. The van der Waals surface area contributed by atoms with Crippen molar-refractivity contribution in [2.75, 3.05) is 0 Å². The number of allylic oxidation sites excluding steroid dienone is 2. The number of hydrogen-bond donors (Lipinski definition) is 0. The lowest BCUT2D eigenvalue weighted by Gasteiger charge is -2.14. The maximum atomic E-state index is 12.6. The predicted octanol–water partition coefficient (Wildman–Crippen LogP) is 5.37. The number of nitrogens with zero attached hydrogens (tertiary/aromatic N) is 1. The van der Waals surface area contributed by atoms with Crippen LogP contribution >= 0.6 is 39.9 Å². The van der Waals surface area contributed by atoms with Crippen molar-refractivity contribution in [3.63, 3.8) is 0 Å². The fraction of sp³-hybridized carbons (Fsp3) is 0.0526. The molecular formula is C19H14BrNOS2. The highest BCUT2D eigenvalue weighted by Gasteiger charge is 2.31. The third-order valence-corrected chi connectivity index (χ3v) is 5.27. The molecule has 0 unspecified atom stereocenters. The number of thioether (sulfide) groups is 1. The number of hydrogen-bond acceptors (Lipinski definition) is 3. The Morgan fingerprint density at radius 2 is 1.71 bits per heavy atom. The first kappa shape index (κ1) is 17.1. The van der Waals surface area contributed by atoms with Gasteiger partial charge in [0.2, 0.25) is 0 Å². The van der Waals surface area contributed by atoms with E-state index in [0.717, 1.165) is 15.6 Å². The topological polar surface area (TPSA) is 20.3 Å². The molecule has 5 heteroatoms. The van der Waals surface area contributed by atoms with E-state index in [1.807, 2.05) is 72.8 Å². The summed E-state index contributed by atoms with van der Waals surface area (Å²) in [6.07, 6.45) is 3.81. The number of amides is 1. The van der Waals surface area contributed by atoms with E-state index in [1.165, 1.54) is 11.8 Å². The van der Waals surface area contributed by atoms with Gasteiger partial charge in [-0.2, -0.15) is 0 Å². The predicted molar refractivity (Wildman–Crippen MR) is 109 cm³/mol. The Kier molecular flexibility index (Phi) is 5.66. The van der Waals surface area contributed by atoms with Gasteiger partial charge in [-0.25, -0.2) is 0 Å². The minimum atomic E-state index is -0.0488. The Bertz CT molecular complexity index is 816. The highest BCUT2D eigenvalue weighted by Crippen LogP contribution is 2.34. The maximum Gasteiger partial charge on any atom is 0.266 e. The van der Waals surface area contributed by atoms with E-state index in [4.69, 9.17) is 12.2 Å². The van der Waals surface area contributed by atoms with Gasteiger partial charge in [-0.3, -0.25) is 9.69 Å². The number of carbonyl (C=O) groups excluding carboxylic acids is 1. The standard InChI is InChI=1S/C19H14BrNOS2/c20-16(11-14-7-3-1-4-8-14)12-17-18(22)21(19(23)24-17)13-15-9-5-2-6-10-15/h1-12H,13H2/b16-11-,17-12?. The molecule has 0 atom stereocenters. The molecule has 1 aliphatic heterocycles. The molecule has 0 aliphatic carbocycles. The van der Waals surface area contributed by atoms with Gasteiger partial charge < -0.3 is 0 Å². The molecular weight excluding hydrogens is 402 g/mol. The Balaban J connectivity index is 1.77. The average Bonchev–Trinajstić information content (AvgIpc) is 2.84. The van der Waals surface area contributed by atoms with Crippen LogP contribution in [0.3, 0.4) is 0 Å². The Hall–Kier alpha value is -1.69. The summed E-state index contributed by atoms with van der Waals surface area (Å²) < 4.78 is 1.43. The van der Waals surface area contributed by atoms with E-state index in [1.54, 1.807) is 4.90 Å². The second-order valence-corrected chi connectivity index (χ2v) is 7.78. The SMILES string of the molecule is O=C1C(=C/C(Br)=C/c2ccccc2)SC(=S)N1Cc1ccccc1. The average molecular weight is 416 g/mol. The van der Waals surface area contributed by atoms with E-state index in [2.05, 4.69) is 15.9 Å². The molecule has 2 aromatic carbocycles. The van der Waals surface area contributed by atoms with E-state index in [-0.39, 0.29) is 5.91 Å². The summed E-state index contributed by atoms with van der Waals surface area (Å²) in [4.78, 5) is 14.9. The minimum absolute atomic E-state index is 0.0488. The van der Waals surface area contributed by atoms with E-state index < -0.39 is 0 Å². The number of halogens is 1. The first-order valence-corrected chi connectivity index (χ1v) is 9.37. The monoisotopic (exact) mass is 415 g/mol. The summed E-state index contributed by atoms with van der Waals surface area (Å²) in [5.74, 6) is -0.0488. The molecule has 0 saturated carbocycles. The summed E-state index contributed by atoms with van der Waals surface area (Å²) in [7, 11) is 0. The smallest absolute Gasteiger partial charge is 0.266 e. The highest BCUT2D eigenvalue weighted by atomic mass is 79.9. The first-order valence-electron chi connectivity index (χ1n) is 7.35. The Labute approximate surface area is 159 Å². The maximum absolute atomic E-state index is 12.6. The van der Waals surface area contributed by atoms with Crippen molar-refractivity contribution in [3.05, 3.63) is 87.3 Å². The molecule has 0 N–H and O–H groups in total. The van der Waals surface area contributed by atoms with Gasteiger partial charge in [0.25, 0.3) is 5.91 Å². The van der Waals surface area contributed by atoms with Crippen molar-refractivity contribution < 1.29 is 4.79 Å². The lowest BCUT2D eigenvalue weighted by molar-refractivity contribution is -0.122. The van der Waals surface area contributed by atoms with E-state index in [9.17, 15) is 4.79 Å². The van der Waals surface area contributed by atoms with E-state index in [0.29, 0.717) is 15.8 Å². The summed E-state index contributed by atoms with van der Waals surface area (Å²) in [6, 6.07) is 19.8. The van der Waals surface area contributed by atoms with Crippen LogP contribution in [-0.4, -0.2) is 15.1 Å². The molecule has 1 saturated heterocycles. The van der Waals surface area contributed by atoms with Gasteiger partial charge in [0.15, 0.2) is 0 Å². The summed E-state index contributed by atoms with van der Waals surface area (Å²) in [6.45, 7) is 0.503. The van der Waals surface area contributed by atoms with Crippen molar-refractivity contribution >= 4 is 56.2 Å². The van der Waals surface area contributed by atoms with E-state index >= 15 is 0 Å². The van der Waals surface area contributed by atoms with Crippen LogP contribution in [0.1, 0.15) is 11.1 Å². The van der Waals surface area contributed by atoms with Crippen LogP contribution < -0.4 is 0 Å². The number of thiocarbonyl (C=S) groups is 1. The highest BCUT2D eigenvalue weighted by molar-refractivity contribution is 9.12. The van der Waals surface area contributed by atoms with Crippen LogP contribution in [-0.2, 0) is 11.3 Å². The van der Waals surface area contributed by atoms with Crippen LogP contribution in [0.25, 0.3) is 6.08 Å². The lowest BCUT2D eigenvalue weighted by atomic mass is 10.2. The van der Waals surface area contributed by atoms with Crippen LogP contribution in [0.15, 0.2) is 76.1 Å². The molecule has 0 aromatic heterocycles. The molecule has 1 amide bonds. The van der Waals surface area contributed by atoms with Crippen LogP contribution in [0, 0.1) is 0 Å². The molecule has 1 fully saturated rings. The lowest BCUT2D eigenvalue weighted by Crippen LogP contribution is -2.27. The molecule has 2 nitrogen and oxygen atoms in total. The molecule has 3 rings (SSSR count). The third kappa shape index (κ3) is 4.23. The van der Waals surface area contributed by atoms with Gasteiger partial charge in [0.05, 0.1) is 11.4 Å². The van der Waals surface area contributed by atoms with Gasteiger partial charge >= 0.3 is 0 Å². The molecule has 24 heavy (non-hydrogen) atoms. The second-order valence-electron chi connectivity index (χ2n) is 5.19. The summed E-state index contributed by atoms with van der Waals surface area (Å²) >= 11 is 10.2. The van der Waals surface area contributed by atoms with Crippen molar-refractivity contribution in [3.8, 4) is 0 Å². The first-order chi connectivity index (χ1) is 11.6. The van der Waals surface area contributed by atoms with Gasteiger partial charge in [-0.1, -0.05) is 101 Å². The summed E-state index contributed by atoms with van der Waals surface area (Å²) in [5.41, 5.74) is 2.13. The van der Waals surface area contributed by atoms with Crippen molar-refractivity contribution in [2.24, 2.45) is 0 Å². The largest absolute Gasteiger partial charge is 0.288 e. The Morgan fingerprint density at radius 1 is 1.08 bits per heavy atom. The fourth-order valence-electron chi connectivity index (χ4n) is 2.28. The zero-order valence-corrected chi connectivity index (χ0v) is 15.9. The number of rotatable bonds is 4. The molecule has 0 spiro atoms. The Morgan fingerprint density at radius 3 is 2.38 bits per heavy atom. The normalized spacial score (nSPS) is 17.0. The quantitative estimate of drug-likeness (QED) is 0.494. The van der Waals surface area contributed by atoms with Gasteiger partial charge in [-0.05, 0) is 23.3 Å². The van der Waals surface area contributed by atoms with Crippen molar-refractivity contribution in [1.29, 1.82) is 0 Å². The molecule has 1 heterocycles. The van der Waals surface area contributed by atoms with Crippen LogP contribution in [0.2, 0.25) is 0 Å². The number of carbonyl (C=O) groups is 1. The van der Waals surface area contributed by atoms with Crippen LogP contribution in [0.5, 0.6) is 0 Å². The van der Waals surface area contributed by atoms with Gasteiger partial charge in [-0.15, -0.1) is 0 Å². The van der Waals surface area contributed by atoms with Crippen molar-refractivity contribution in [1.82, 2.24) is 4.90 Å². The van der Waals surface area contributed by atoms with Crippen LogP contribution in [0.4, 0.5) is 0 Å². The minimum Gasteiger partial charge on any atom is -0.288 e. The molecule has 0 bridgehead atoms.